The lowest BCUT2D eigenvalue weighted by Crippen LogP contribution is -2.48. The molecule has 4 nitrogen and oxygen atoms in total. The average Bonchev–Trinajstić information content (AvgIpc) is 2.48. The van der Waals surface area contributed by atoms with Crippen molar-refractivity contribution in [1.82, 2.24) is 10.2 Å². The average molecular weight is 391 g/mol. The third kappa shape index (κ3) is 5.54. The molecule has 0 aromatic heterocycles. The van der Waals surface area contributed by atoms with Gasteiger partial charge < -0.3 is 11.1 Å². The SMILES string of the molecule is CC(NC(=O)CN1CCCCC1CN)c1ccc(Br)cc1.Cl. The van der Waals surface area contributed by atoms with E-state index in [9.17, 15) is 4.79 Å². The topological polar surface area (TPSA) is 58.4 Å². The van der Waals surface area contributed by atoms with Gasteiger partial charge in [0.2, 0.25) is 5.91 Å². The molecule has 0 aliphatic carbocycles. The first-order valence-corrected chi connectivity index (χ1v) is 8.38. The van der Waals surface area contributed by atoms with Gasteiger partial charge in [-0.1, -0.05) is 34.5 Å². The second-order valence-electron chi connectivity index (χ2n) is 5.70. The molecule has 6 heteroatoms. The molecule has 1 heterocycles. The van der Waals surface area contributed by atoms with Gasteiger partial charge in [0.25, 0.3) is 0 Å². The Labute approximate surface area is 147 Å². The molecule has 0 saturated carbocycles. The van der Waals surface area contributed by atoms with Crippen LogP contribution in [0.2, 0.25) is 0 Å². The van der Waals surface area contributed by atoms with Crippen LogP contribution in [-0.2, 0) is 4.79 Å². The van der Waals surface area contributed by atoms with E-state index >= 15 is 0 Å². The van der Waals surface area contributed by atoms with E-state index in [2.05, 4.69) is 26.1 Å². The number of rotatable bonds is 5. The molecular weight excluding hydrogens is 366 g/mol. The van der Waals surface area contributed by atoms with E-state index in [1.807, 2.05) is 31.2 Å². The summed E-state index contributed by atoms with van der Waals surface area (Å²) < 4.78 is 1.05. The molecule has 1 aliphatic heterocycles. The van der Waals surface area contributed by atoms with Crippen LogP contribution in [-0.4, -0.2) is 36.5 Å². The largest absolute Gasteiger partial charge is 0.348 e. The van der Waals surface area contributed by atoms with Crippen LogP contribution in [0.1, 0.15) is 37.8 Å². The van der Waals surface area contributed by atoms with Crippen LogP contribution in [0.25, 0.3) is 0 Å². The second-order valence-corrected chi connectivity index (χ2v) is 6.61. The van der Waals surface area contributed by atoms with Crippen molar-refractivity contribution in [2.75, 3.05) is 19.6 Å². The maximum Gasteiger partial charge on any atom is 0.234 e. The highest BCUT2D eigenvalue weighted by Gasteiger charge is 2.23. The normalized spacial score (nSPS) is 20.0. The fraction of sp³-hybridized carbons (Fsp3) is 0.562. The van der Waals surface area contributed by atoms with Gasteiger partial charge in [0.15, 0.2) is 0 Å². The molecule has 3 N–H and O–H groups in total. The third-order valence-corrected chi connectivity index (χ3v) is 4.64. The summed E-state index contributed by atoms with van der Waals surface area (Å²) in [7, 11) is 0. The Kier molecular flexibility index (Phi) is 8.39. The molecule has 1 fully saturated rings. The summed E-state index contributed by atoms with van der Waals surface area (Å²) in [5.41, 5.74) is 6.91. The molecule has 1 aromatic rings. The summed E-state index contributed by atoms with van der Waals surface area (Å²) in [6.45, 7) is 4.07. The maximum absolute atomic E-state index is 12.2. The van der Waals surface area contributed by atoms with Crippen molar-refractivity contribution in [3.05, 3.63) is 34.3 Å². The van der Waals surface area contributed by atoms with E-state index in [0.717, 1.165) is 29.4 Å². The highest BCUT2D eigenvalue weighted by molar-refractivity contribution is 9.10. The Morgan fingerprint density at radius 1 is 1.41 bits per heavy atom. The van der Waals surface area contributed by atoms with Crippen LogP contribution < -0.4 is 11.1 Å². The van der Waals surface area contributed by atoms with Gasteiger partial charge in [-0.2, -0.15) is 0 Å². The quantitative estimate of drug-likeness (QED) is 0.813. The number of halogens is 2. The lowest BCUT2D eigenvalue weighted by molar-refractivity contribution is -0.123. The molecule has 2 unspecified atom stereocenters. The standard InChI is InChI=1S/C16H24BrN3O.ClH/c1-12(13-5-7-14(17)8-6-13)19-16(21)11-20-9-3-2-4-15(20)10-18;/h5-8,12,15H,2-4,9-11,18H2,1H3,(H,19,21);1H. The molecule has 0 bridgehead atoms. The number of piperidine rings is 1. The van der Waals surface area contributed by atoms with E-state index in [0.29, 0.717) is 19.1 Å². The summed E-state index contributed by atoms with van der Waals surface area (Å²) >= 11 is 3.42. The van der Waals surface area contributed by atoms with Crippen LogP contribution in [0.15, 0.2) is 28.7 Å². The van der Waals surface area contributed by atoms with Crippen molar-refractivity contribution in [3.63, 3.8) is 0 Å². The van der Waals surface area contributed by atoms with Gasteiger partial charge in [0.05, 0.1) is 12.6 Å². The van der Waals surface area contributed by atoms with Gasteiger partial charge in [-0.25, -0.2) is 0 Å². The van der Waals surface area contributed by atoms with Crippen LogP contribution in [0.5, 0.6) is 0 Å². The highest BCUT2D eigenvalue weighted by atomic mass is 79.9. The zero-order valence-corrected chi connectivity index (χ0v) is 15.3. The molecule has 1 aromatic carbocycles. The summed E-state index contributed by atoms with van der Waals surface area (Å²) in [5, 5.41) is 3.07. The molecule has 2 atom stereocenters. The van der Waals surface area contributed by atoms with Crippen LogP contribution in [0.4, 0.5) is 0 Å². The number of benzene rings is 1. The van der Waals surface area contributed by atoms with Gasteiger partial charge in [-0.05, 0) is 44.0 Å². The molecule has 0 radical (unpaired) electrons. The predicted octanol–water partition coefficient (Wildman–Crippen LogP) is 2.86. The van der Waals surface area contributed by atoms with E-state index in [-0.39, 0.29) is 24.4 Å². The number of hydrogen-bond acceptors (Lipinski definition) is 3. The van der Waals surface area contributed by atoms with Crippen molar-refractivity contribution < 1.29 is 4.79 Å². The lowest BCUT2D eigenvalue weighted by Gasteiger charge is -2.34. The molecule has 1 aliphatic rings. The minimum Gasteiger partial charge on any atom is -0.348 e. The fourth-order valence-electron chi connectivity index (χ4n) is 2.84. The zero-order valence-electron chi connectivity index (χ0n) is 12.9. The molecule has 1 saturated heterocycles. The van der Waals surface area contributed by atoms with Gasteiger partial charge >= 0.3 is 0 Å². The first-order valence-electron chi connectivity index (χ1n) is 7.59. The van der Waals surface area contributed by atoms with E-state index in [1.54, 1.807) is 0 Å². The third-order valence-electron chi connectivity index (χ3n) is 4.12. The first-order chi connectivity index (χ1) is 10.1. The number of nitrogens with zero attached hydrogens (tertiary/aromatic N) is 1. The van der Waals surface area contributed by atoms with E-state index in [1.165, 1.54) is 6.42 Å². The summed E-state index contributed by atoms with van der Waals surface area (Å²) in [5.74, 6) is 0.0748. The number of hydrogen-bond donors (Lipinski definition) is 2. The van der Waals surface area contributed by atoms with Crippen molar-refractivity contribution in [2.45, 2.75) is 38.3 Å². The molecule has 2 rings (SSSR count). The summed E-state index contributed by atoms with van der Waals surface area (Å²) in [6.07, 6.45) is 3.48. The molecule has 1 amide bonds. The summed E-state index contributed by atoms with van der Waals surface area (Å²) in [4.78, 5) is 14.4. The predicted molar refractivity (Wildman–Crippen MR) is 96.2 cm³/mol. The Hall–Kier alpha value is -0.620. The highest BCUT2D eigenvalue weighted by Crippen LogP contribution is 2.18. The van der Waals surface area contributed by atoms with E-state index in [4.69, 9.17) is 5.73 Å². The first kappa shape index (κ1) is 19.4. The monoisotopic (exact) mass is 389 g/mol. The minimum absolute atomic E-state index is 0. The van der Waals surface area contributed by atoms with Gasteiger partial charge in [-0.3, -0.25) is 9.69 Å². The fourth-order valence-corrected chi connectivity index (χ4v) is 3.11. The van der Waals surface area contributed by atoms with E-state index < -0.39 is 0 Å². The smallest absolute Gasteiger partial charge is 0.234 e. The van der Waals surface area contributed by atoms with Crippen molar-refractivity contribution in [3.8, 4) is 0 Å². The number of amides is 1. The van der Waals surface area contributed by atoms with Gasteiger partial charge in [0.1, 0.15) is 0 Å². The van der Waals surface area contributed by atoms with Crippen LogP contribution in [0, 0.1) is 0 Å². The molecule has 124 valence electrons. The Bertz CT molecular complexity index is 469. The van der Waals surface area contributed by atoms with Crippen LogP contribution in [0.3, 0.4) is 0 Å². The summed E-state index contributed by atoms with van der Waals surface area (Å²) in [6, 6.07) is 8.41. The zero-order chi connectivity index (χ0) is 15.2. The maximum atomic E-state index is 12.2. The Morgan fingerprint density at radius 2 is 2.09 bits per heavy atom. The number of carbonyl (C=O) groups excluding carboxylic acids is 1. The van der Waals surface area contributed by atoms with Crippen molar-refractivity contribution >= 4 is 34.2 Å². The number of likely N-dealkylation sites (tertiary alicyclic amines) is 1. The van der Waals surface area contributed by atoms with Crippen molar-refractivity contribution in [1.29, 1.82) is 0 Å². The van der Waals surface area contributed by atoms with Crippen molar-refractivity contribution in [2.24, 2.45) is 5.73 Å². The Morgan fingerprint density at radius 3 is 2.73 bits per heavy atom. The second kappa shape index (κ2) is 9.50. The minimum atomic E-state index is 0. The van der Waals surface area contributed by atoms with Gasteiger partial charge in [-0.15, -0.1) is 12.4 Å². The Balaban J connectivity index is 0.00000242. The number of carbonyl (C=O) groups is 1. The number of nitrogens with two attached hydrogens (primary N) is 1. The number of nitrogens with one attached hydrogen (secondary N) is 1. The van der Waals surface area contributed by atoms with Gasteiger partial charge in [0, 0.05) is 17.1 Å². The molecular formula is C16H25BrClN3O. The van der Waals surface area contributed by atoms with Crippen LogP contribution >= 0.6 is 28.3 Å². The molecule has 0 spiro atoms. The lowest BCUT2D eigenvalue weighted by atomic mass is 10.0. The molecule has 22 heavy (non-hydrogen) atoms.